The van der Waals surface area contributed by atoms with E-state index in [0.717, 1.165) is 18.4 Å². The van der Waals surface area contributed by atoms with Gasteiger partial charge in [0.15, 0.2) is 11.5 Å². The number of methoxy groups -OCH3 is 2. The third-order valence-corrected chi connectivity index (χ3v) is 5.32. The van der Waals surface area contributed by atoms with Crippen molar-refractivity contribution in [3.8, 4) is 23.0 Å². The van der Waals surface area contributed by atoms with E-state index in [2.05, 4.69) is 41.7 Å². The molecule has 0 aliphatic heterocycles. The second-order valence-electron chi connectivity index (χ2n) is 7.48. The summed E-state index contributed by atoms with van der Waals surface area (Å²) in [6.45, 7) is 2.52. The van der Waals surface area contributed by atoms with Crippen LogP contribution in [-0.2, 0) is 13.0 Å². The highest BCUT2D eigenvalue weighted by atomic mass is 35.5. The number of amides is 1. The van der Waals surface area contributed by atoms with Crippen LogP contribution >= 0.6 is 11.6 Å². The zero-order valence-electron chi connectivity index (χ0n) is 19.3. The Balaban J connectivity index is 1.70. The maximum Gasteiger partial charge on any atom is 0.271 e. The van der Waals surface area contributed by atoms with Crippen LogP contribution in [0.25, 0.3) is 0 Å². The van der Waals surface area contributed by atoms with Crippen molar-refractivity contribution in [2.75, 3.05) is 14.2 Å². The SMILES string of the molecule is CCCc1ccc(COc2c(OC)cc(/C=N/NC(=O)c3ccc(O)c(Cl)c3)cc2OC)cc1. The number of phenolic OH excluding ortho intramolecular Hbond substituents is 1. The van der Waals surface area contributed by atoms with Gasteiger partial charge in [0.2, 0.25) is 5.75 Å². The van der Waals surface area contributed by atoms with Crippen molar-refractivity contribution < 1.29 is 24.1 Å². The van der Waals surface area contributed by atoms with E-state index < -0.39 is 5.91 Å². The molecule has 0 aromatic heterocycles. The molecular weight excluding hydrogens is 456 g/mol. The fourth-order valence-electron chi connectivity index (χ4n) is 3.24. The minimum Gasteiger partial charge on any atom is -0.506 e. The lowest BCUT2D eigenvalue weighted by atomic mass is 10.1. The van der Waals surface area contributed by atoms with Crippen LogP contribution in [0.3, 0.4) is 0 Å². The number of benzene rings is 3. The number of rotatable bonds is 10. The molecule has 0 spiro atoms. The molecule has 0 saturated heterocycles. The maximum absolute atomic E-state index is 12.2. The number of nitrogens with one attached hydrogen (secondary N) is 1. The number of hydrazone groups is 1. The summed E-state index contributed by atoms with van der Waals surface area (Å²) in [4.78, 5) is 12.2. The first-order valence-corrected chi connectivity index (χ1v) is 11.1. The van der Waals surface area contributed by atoms with Gasteiger partial charge in [-0.3, -0.25) is 4.79 Å². The second kappa shape index (κ2) is 12.0. The molecule has 0 atom stereocenters. The van der Waals surface area contributed by atoms with Crippen LogP contribution in [0.1, 0.15) is 40.4 Å². The summed E-state index contributed by atoms with van der Waals surface area (Å²) in [6.07, 6.45) is 3.62. The Labute approximate surface area is 203 Å². The first-order chi connectivity index (χ1) is 16.4. The van der Waals surface area contributed by atoms with Gasteiger partial charge in [-0.1, -0.05) is 49.2 Å². The van der Waals surface area contributed by atoms with Gasteiger partial charge in [-0.15, -0.1) is 0 Å². The average Bonchev–Trinajstić information content (AvgIpc) is 2.85. The second-order valence-corrected chi connectivity index (χ2v) is 7.88. The predicted octanol–water partition coefficient (Wildman–Crippen LogP) is 5.36. The van der Waals surface area contributed by atoms with Gasteiger partial charge >= 0.3 is 0 Å². The van der Waals surface area contributed by atoms with Crippen molar-refractivity contribution in [2.24, 2.45) is 5.10 Å². The highest BCUT2D eigenvalue weighted by Gasteiger charge is 2.14. The van der Waals surface area contributed by atoms with Crippen molar-refractivity contribution in [3.05, 3.63) is 81.9 Å². The first-order valence-electron chi connectivity index (χ1n) is 10.7. The molecule has 0 fully saturated rings. The Morgan fingerprint density at radius 3 is 2.26 bits per heavy atom. The number of aryl methyl sites for hydroxylation is 1. The molecule has 0 aliphatic carbocycles. The van der Waals surface area contributed by atoms with Crippen LogP contribution in [0, 0.1) is 0 Å². The van der Waals surface area contributed by atoms with E-state index in [-0.39, 0.29) is 16.3 Å². The molecule has 0 saturated carbocycles. The third kappa shape index (κ3) is 6.42. The molecule has 3 aromatic rings. The van der Waals surface area contributed by atoms with Gasteiger partial charge in [-0.05, 0) is 47.9 Å². The molecule has 1 amide bonds. The van der Waals surface area contributed by atoms with E-state index in [1.165, 1.54) is 30.0 Å². The Kier molecular flexibility index (Phi) is 8.76. The van der Waals surface area contributed by atoms with Crippen LogP contribution in [-0.4, -0.2) is 31.4 Å². The van der Waals surface area contributed by atoms with Gasteiger partial charge < -0.3 is 19.3 Å². The molecule has 178 valence electrons. The number of phenols is 1. The minimum atomic E-state index is -0.470. The van der Waals surface area contributed by atoms with Crippen LogP contribution in [0.5, 0.6) is 23.0 Å². The lowest BCUT2D eigenvalue weighted by Crippen LogP contribution is -2.17. The third-order valence-electron chi connectivity index (χ3n) is 5.02. The Hall–Kier alpha value is -3.71. The van der Waals surface area contributed by atoms with E-state index >= 15 is 0 Å². The fourth-order valence-corrected chi connectivity index (χ4v) is 3.42. The van der Waals surface area contributed by atoms with Crippen molar-refractivity contribution in [2.45, 2.75) is 26.4 Å². The van der Waals surface area contributed by atoms with Gasteiger partial charge in [0.1, 0.15) is 12.4 Å². The van der Waals surface area contributed by atoms with Crippen LogP contribution in [0.2, 0.25) is 5.02 Å². The van der Waals surface area contributed by atoms with Crippen molar-refractivity contribution >= 4 is 23.7 Å². The largest absolute Gasteiger partial charge is 0.506 e. The summed E-state index contributed by atoms with van der Waals surface area (Å²) in [5.41, 5.74) is 5.65. The predicted molar refractivity (Wildman–Crippen MR) is 132 cm³/mol. The molecule has 0 heterocycles. The van der Waals surface area contributed by atoms with Crippen LogP contribution < -0.4 is 19.6 Å². The van der Waals surface area contributed by atoms with E-state index in [0.29, 0.717) is 29.4 Å². The average molecular weight is 483 g/mol. The number of hydrogen-bond acceptors (Lipinski definition) is 6. The zero-order chi connectivity index (χ0) is 24.5. The van der Waals surface area contributed by atoms with Gasteiger partial charge in [0.05, 0.1) is 25.5 Å². The summed E-state index contributed by atoms with van der Waals surface area (Å²) < 4.78 is 17.0. The topological polar surface area (TPSA) is 89.4 Å². The Bertz CT molecular complexity index is 1140. The van der Waals surface area contributed by atoms with Gasteiger partial charge in [-0.2, -0.15) is 5.10 Å². The molecule has 34 heavy (non-hydrogen) atoms. The number of nitrogens with zero attached hydrogens (tertiary/aromatic N) is 1. The molecule has 0 bridgehead atoms. The lowest BCUT2D eigenvalue weighted by Gasteiger charge is -2.15. The van der Waals surface area contributed by atoms with Crippen molar-refractivity contribution in [3.63, 3.8) is 0 Å². The number of carbonyl (C=O) groups is 1. The molecule has 3 rings (SSSR count). The number of hydrogen-bond donors (Lipinski definition) is 2. The molecule has 0 radical (unpaired) electrons. The fraction of sp³-hybridized carbons (Fsp3) is 0.231. The van der Waals surface area contributed by atoms with Gasteiger partial charge in [0, 0.05) is 11.1 Å². The lowest BCUT2D eigenvalue weighted by molar-refractivity contribution is 0.0955. The smallest absolute Gasteiger partial charge is 0.271 e. The molecule has 8 heteroatoms. The highest BCUT2D eigenvalue weighted by molar-refractivity contribution is 6.32. The highest BCUT2D eigenvalue weighted by Crippen LogP contribution is 2.38. The number of aromatic hydroxyl groups is 1. The Morgan fingerprint density at radius 1 is 1.03 bits per heavy atom. The van der Waals surface area contributed by atoms with Gasteiger partial charge in [-0.25, -0.2) is 5.43 Å². The molecule has 2 N–H and O–H groups in total. The normalized spacial score (nSPS) is 10.8. The number of carbonyl (C=O) groups excluding carboxylic acids is 1. The van der Waals surface area contributed by atoms with Gasteiger partial charge in [0.25, 0.3) is 5.91 Å². The Morgan fingerprint density at radius 2 is 1.68 bits per heavy atom. The van der Waals surface area contributed by atoms with E-state index in [1.54, 1.807) is 26.4 Å². The number of ether oxygens (including phenoxy) is 3. The molecule has 0 unspecified atom stereocenters. The summed E-state index contributed by atoms with van der Waals surface area (Å²) in [5.74, 6) is 0.848. The zero-order valence-corrected chi connectivity index (χ0v) is 20.1. The quantitative estimate of drug-likeness (QED) is 0.300. The van der Waals surface area contributed by atoms with E-state index in [9.17, 15) is 9.90 Å². The monoisotopic (exact) mass is 482 g/mol. The number of halogens is 1. The summed E-state index contributed by atoms with van der Waals surface area (Å²) in [5, 5.41) is 13.5. The van der Waals surface area contributed by atoms with Crippen molar-refractivity contribution in [1.29, 1.82) is 0 Å². The van der Waals surface area contributed by atoms with Crippen LogP contribution in [0.15, 0.2) is 59.7 Å². The van der Waals surface area contributed by atoms with Crippen molar-refractivity contribution in [1.82, 2.24) is 5.43 Å². The standard InChI is InChI=1S/C26H27ClN2O5/c1-4-5-17-6-8-18(9-7-17)16-34-25-23(32-2)12-19(13-24(25)33-3)15-28-29-26(31)20-10-11-22(30)21(27)14-20/h6-15,30H,4-5,16H2,1-3H3,(H,29,31)/b28-15+. The molecule has 0 aliphatic rings. The first kappa shape index (κ1) is 24.9. The molecule has 7 nitrogen and oxygen atoms in total. The van der Waals surface area contributed by atoms with Crippen LogP contribution in [0.4, 0.5) is 0 Å². The van der Waals surface area contributed by atoms with E-state index in [4.69, 9.17) is 25.8 Å². The summed E-state index contributed by atoms with van der Waals surface area (Å²) >= 11 is 5.85. The summed E-state index contributed by atoms with van der Waals surface area (Å²) in [7, 11) is 3.08. The molecule has 3 aromatic carbocycles. The maximum atomic E-state index is 12.2. The summed E-state index contributed by atoms with van der Waals surface area (Å²) in [6, 6.07) is 15.9. The van der Waals surface area contributed by atoms with E-state index in [1.807, 2.05) is 0 Å². The minimum absolute atomic E-state index is 0.0820. The molecular formula is C26H27ClN2O5.